The number of guanidine groups is 1. The number of aromatic nitrogens is 3. The molecule has 0 atom stereocenters. The third kappa shape index (κ3) is 5.58. The molecule has 1 aliphatic rings. The molecule has 1 N–H and O–H groups in total. The molecule has 0 radical (unpaired) electrons. The fraction of sp³-hybridized carbons (Fsp3) is 0.650. The zero-order valence-electron chi connectivity index (χ0n) is 17.6. The van der Waals surface area contributed by atoms with Gasteiger partial charge in [-0.25, -0.2) is 9.98 Å². The Morgan fingerprint density at radius 3 is 2.71 bits per heavy atom. The van der Waals surface area contributed by atoms with Crippen molar-refractivity contribution in [3.8, 4) is 0 Å². The first-order valence-electron chi connectivity index (χ1n) is 10.2. The van der Waals surface area contributed by atoms with Crippen molar-refractivity contribution in [1.82, 2.24) is 29.8 Å². The number of aliphatic imine (C=N–C) groups is 1. The highest BCUT2D eigenvalue weighted by Crippen LogP contribution is 2.10. The summed E-state index contributed by atoms with van der Waals surface area (Å²) in [5.74, 6) is 3.44. The van der Waals surface area contributed by atoms with Crippen molar-refractivity contribution in [2.24, 2.45) is 10.9 Å². The van der Waals surface area contributed by atoms with E-state index in [0.29, 0.717) is 12.5 Å². The number of rotatable bonds is 7. The minimum atomic E-state index is 0.590. The average molecular weight is 388 g/mol. The summed E-state index contributed by atoms with van der Waals surface area (Å²) in [5.41, 5.74) is 1.00. The highest BCUT2D eigenvalue weighted by molar-refractivity contribution is 5.80. The van der Waals surface area contributed by atoms with Gasteiger partial charge >= 0.3 is 0 Å². The van der Waals surface area contributed by atoms with Gasteiger partial charge in [0.1, 0.15) is 18.1 Å². The normalized spacial score (nSPS) is 16.2. The lowest BCUT2D eigenvalue weighted by Crippen LogP contribution is -2.52. The minimum absolute atomic E-state index is 0.590. The van der Waals surface area contributed by atoms with Gasteiger partial charge in [0, 0.05) is 64.3 Å². The first-order chi connectivity index (χ1) is 13.5. The summed E-state index contributed by atoms with van der Waals surface area (Å²) in [7, 11) is 0. The van der Waals surface area contributed by atoms with Crippen molar-refractivity contribution >= 4 is 5.96 Å². The molecule has 2 aromatic rings. The second-order valence-electron chi connectivity index (χ2n) is 7.75. The van der Waals surface area contributed by atoms with E-state index in [0.717, 1.165) is 69.1 Å². The fourth-order valence-corrected chi connectivity index (χ4v) is 3.46. The van der Waals surface area contributed by atoms with E-state index in [1.165, 1.54) is 0 Å². The van der Waals surface area contributed by atoms with Crippen molar-refractivity contribution in [3.05, 3.63) is 35.7 Å². The monoisotopic (exact) mass is 387 g/mol. The van der Waals surface area contributed by atoms with Crippen LogP contribution < -0.4 is 5.32 Å². The summed E-state index contributed by atoms with van der Waals surface area (Å²) in [6, 6.07) is 2.01. The summed E-state index contributed by atoms with van der Waals surface area (Å²) >= 11 is 0. The third-order valence-electron chi connectivity index (χ3n) is 4.80. The maximum Gasteiger partial charge on any atom is 0.194 e. The summed E-state index contributed by atoms with van der Waals surface area (Å²) in [6.07, 6.45) is 3.91. The molecular weight excluding hydrogens is 354 g/mol. The van der Waals surface area contributed by atoms with Crippen LogP contribution in [-0.4, -0.2) is 63.2 Å². The van der Waals surface area contributed by atoms with E-state index in [-0.39, 0.29) is 0 Å². The number of nitrogens with zero attached hydrogens (tertiary/aromatic N) is 6. The molecule has 0 amide bonds. The molecule has 1 aliphatic heterocycles. The zero-order valence-corrected chi connectivity index (χ0v) is 17.6. The summed E-state index contributed by atoms with van der Waals surface area (Å²) in [5, 5.41) is 7.54. The number of aryl methyl sites for hydroxylation is 1. The van der Waals surface area contributed by atoms with Gasteiger partial charge in [-0.3, -0.25) is 4.90 Å². The van der Waals surface area contributed by atoms with Crippen LogP contribution in [0.25, 0.3) is 0 Å². The van der Waals surface area contributed by atoms with E-state index >= 15 is 0 Å². The molecule has 0 aliphatic carbocycles. The molecule has 3 rings (SSSR count). The topological polar surface area (TPSA) is 74.7 Å². The molecule has 3 heterocycles. The molecule has 1 saturated heterocycles. The Morgan fingerprint density at radius 2 is 2.07 bits per heavy atom. The Hall–Kier alpha value is -2.35. The second kappa shape index (κ2) is 9.73. The van der Waals surface area contributed by atoms with Gasteiger partial charge in [0.2, 0.25) is 0 Å². The molecular formula is C20H33N7O. The van der Waals surface area contributed by atoms with E-state index in [1.54, 1.807) is 0 Å². The van der Waals surface area contributed by atoms with Crippen LogP contribution in [0.1, 0.15) is 38.0 Å². The lowest BCUT2D eigenvalue weighted by molar-refractivity contribution is 0.169. The lowest BCUT2D eigenvalue weighted by Gasteiger charge is -2.36. The van der Waals surface area contributed by atoms with Gasteiger partial charge in [-0.2, -0.15) is 0 Å². The lowest BCUT2D eigenvalue weighted by atomic mass is 10.2. The molecule has 0 aromatic carbocycles. The van der Waals surface area contributed by atoms with Crippen LogP contribution >= 0.6 is 0 Å². The predicted octanol–water partition coefficient (Wildman–Crippen LogP) is 2.12. The average Bonchev–Trinajstić information content (AvgIpc) is 3.27. The molecule has 1 fully saturated rings. The molecule has 2 aromatic heterocycles. The van der Waals surface area contributed by atoms with Crippen molar-refractivity contribution in [1.29, 1.82) is 0 Å². The highest BCUT2D eigenvalue weighted by Gasteiger charge is 2.20. The molecule has 0 bridgehead atoms. The van der Waals surface area contributed by atoms with Gasteiger partial charge in [0.25, 0.3) is 0 Å². The van der Waals surface area contributed by atoms with Gasteiger partial charge in [-0.15, -0.1) is 0 Å². The van der Waals surface area contributed by atoms with Crippen molar-refractivity contribution in [3.63, 3.8) is 0 Å². The first kappa shape index (κ1) is 20.4. The number of hydrogen-bond donors (Lipinski definition) is 1. The van der Waals surface area contributed by atoms with E-state index in [9.17, 15) is 0 Å². The Morgan fingerprint density at radius 1 is 1.29 bits per heavy atom. The first-order valence-corrected chi connectivity index (χ1v) is 10.2. The van der Waals surface area contributed by atoms with Crippen LogP contribution in [0.4, 0.5) is 0 Å². The summed E-state index contributed by atoms with van der Waals surface area (Å²) in [6.45, 7) is 15.6. The molecule has 0 unspecified atom stereocenters. The molecule has 0 spiro atoms. The van der Waals surface area contributed by atoms with E-state index in [1.807, 2.05) is 25.4 Å². The van der Waals surface area contributed by atoms with Crippen LogP contribution in [0, 0.1) is 12.8 Å². The Balaban J connectivity index is 1.57. The van der Waals surface area contributed by atoms with Crippen molar-refractivity contribution in [2.45, 2.75) is 47.3 Å². The quantitative estimate of drug-likeness (QED) is 0.579. The maximum atomic E-state index is 5.17. The van der Waals surface area contributed by atoms with Gasteiger partial charge in [-0.05, 0) is 19.8 Å². The largest absolute Gasteiger partial charge is 0.361 e. The Kier molecular flexibility index (Phi) is 7.08. The maximum absolute atomic E-state index is 5.17. The number of piperazine rings is 1. The van der Waals surface area contributed by atoms with E-state index < -0.39 is 0 Å². The van der Waals surface area contributed by atoms with Crippen molar-refractivity contribution in [2.75, 3.05) is 32.7 Å². The fourth-order valence-electron chi connectivity index (χ4n) is 3.46. The van der Waals surface area contributed by atoms with E-state index in [2.05, 4.69) is 50.6 Å². The standard InChI is InChI=1S/C20H33N7O/c1-5-21-20(23-13-19-22-6-7-27(19)14-16(2)3)26-10-8-25(9-11-26)15-18-12-17(4)28-24-18/h6-7,12,16H,5,8-11,13-15H2,1-4H3,(H,21,23). The van der Waals surface area contributed by atoms with Gasteiger partial charge in [0.05, 0.1) is 5.69 Å². The predicted molar refractivity (Wildman–Crippen MR) is 110 cm³/mol. The van der Waals surface area contributed by atoms with Crippen LogP contribution in [-0.2, 0) is 19.6 Å². The summed E-state index contributed by atoms with van der Waals surface area (Å²) < 4.78 is 7.38. The van der Waals surface area contributed by atoms with Gasteiger partial charge in [-0.1, -0.05) is 19.0 Å². The van der Waals surface area contributed by atoms with Crippen LogP contribution in [0.15, 0.2) is 28.0 Å². The number of imidazole rings is 1. The SMILES string of the molecule is CCNC(=NCc1nccn1CC(C)C)N1CCN(Cc2cc(C)on2)CC1. The van der Waals surface area contributed by atoms with Crippen LogP contribution in [0.3, 0.4) is 0 Å². The van der Waals surface area contributed by atoms with Crippen LogP contribution in [0.2, 0.25) is 0 Å². The molecule has 8 heteroatoms. The smallest absolute Gasteiger partial charge is 0.194 e. The number of hydrogen-bond acceptors (Lipinski definition) is 5. The second-order valence-corrected chi connectivity index (χ2v) is 7.75. The summed E-state index contributed by atoms with van der Waals surface area (Å²) in [4.78, 5) is 14.1. The minimum Gasteiger partial charge on any atom is -0.361 e. The molecule has 8 nitrogen and oxygen atoms in total. The molecule has 28 heavy (non-hydrogen) atoms. The highest BCUT2D eigenvalue weighted by atomic mass is 16.5. The van der Waals surface area contributed by atoms with Crippen molar-refractivity contribution < 1.29 is 4.52 Å². The Bertz CT molecular complexity index is 756. The Labute approximate surface area is 167 Å². The number of nitrogens with one attached hydrogen (secondary N) is 1. The van der Waals surface area contributed by atoms with E-state index in [4.69, 9.17) is 9.52 Å². The van der Waals surface area contributed by atoms with Gasteiger partial charge in [0.15, 0.2) is 5.96 Å². The zero-order chi connectivity index (χ0) is 19.9. The van der Waals surface area contributed by atoms with Crippen LogP contribution in [0.5, 0.6) is 0 Å². The molecule has 154 valence electrons. The van der Waals surface area contributed by atoms with Gasteiger partial charge < -0.3 is 19.3 Å². The third-order valence-corrected chi connectivity index (χ3v) is 4.80. The molecule has 0 saturated carbocycles.